The van der Waals surface area contributed by atoms with Crippen molar-refractivity contribution < 1.29 is 18.7 Å². The molecule has 0 saturated carbocycles. The van der Waals surface area contributed by atoms with Gasteiger partial charge in [-0.15, -0.1) is 10.2 Å². The van der Waals surface area contributed by atoms with Gasteiger partial charge in [0.05, 0.1) is 14.2 Å². The fraction of sp³-hybridized carbons (Fsp3) is 0.250. The molecular formula is C20H21N3O4S. The molecule has 0 aliphatic rings. The summed E-state index contributed by atoms with van der Waals surface area (Å²) in [5.74, 6) is 1.50. The van der Waals surface area contributed by atoms with Gasteiger partial charge >= 0.3 is 0 Å². The number of hydrogen-bond donors (Lipinski definition) is 0. The second kappa shape index (κ2) is 8.79. The number of hydrogen-bond acceptors (Lipinski definition) is 7. The van der Waals surface area contributed by atoms with Gasteiger partial charge in [-0.25, -0.2) is 0 Å². The van der Waals surface area contributed by atoms with Crippen LogP contribution < -0.4 is 9.47 Å². The molecule has 1 atom stereocenters. The maximum atomic E-state index is 12.7. The Morgan fingerprint density at radius 1 is 1.04 bits per heavy atom. The molecule has 28 heavy (non-hydrogen) atoms. The Morgan fingerprint density at radius 3 is 2.25 bits per heavy atom. The van der Waals surface area contributed by atoms with Crippen molar-refractivity contribution in [1.29, 1.82) is 0 Å². The predicted octanol–water partition coefficient (Wildman–Crippen LogP) is 3.68. The van der Waals surface area contributed by atoms with Crippen LogP contribution in [0.2, 0.25) is 0 Å². The van der Waals surface area contributed by atoms with E-state index in [4.69, 9.17) is 13.9 Å². The number of carbonyl (C=O) groups is 1. The van der Waals surface area contributed by atoms with Crippen molar-refractivity contribution in [2.75, 3.05) is 28.3 Å². The van der Waals surface area contributed by atoms with Crippen molar-refractivity contribution >= 4 is 17.7 Å². The van der Waals surface area contributed by atoms with Gasteiger partial charge in [0.1, 0.15) is 16.7 Å². The number of amides is 1. The van der Waals surface area contributed by atoms with Crippen LogP contribution in [0.1, 0.15) is 10.8 Å². The molecule has 146 valence electrons. The van der Waals surface area contributed by atoms with Crippen LogP contribution in [0, 0.1) is 0 Å². The molecule has 0 aliphatic carbocycles. The smallest absolute Gasteiger partial charge is 0.277 e. The Morgan fingerprint density at radius 2 is 1.68 bits per heavy atom. The van der Waals surface area contributed by atoms with Gasteiger partial charge in [-0.05, 0) is 29.5 Å². The first kappa shape index (κ1) is 19.8. The van der Waals surface area contributed by atoms with Crippen LogP contribution in [-0.4, -0.2) is 49.3 Å². The van der Waals surface area contributed by atoms with Crippen molar-refractivity contribution in [2.45, 2.75) is 10.5 Å². The van der Waals surface area contributed by atoms with E-state index in [0.717, 1.165) is 5.56 Å². The summed E-state index contributed by atoms with van der Waals surface area (Å²) in [4.78, 5) is 14.2. The van der Waals surface area contributed by atoms with Gasteiger partial charge in [0.25, 0.3) is 5.22 Å². The maximum Gasteiger partial charge on any atom is 0.277 e. The van der Waals surface area contributed by atoms with Crippen LogP contribution in [0.5, 0.6) is 11.5 Å². The third-order valence-electron chi connectivity index (χ3n) is 3.99. The van der Waals surface area contributed by atoms with Gasteiger partial charge in [0.15, 0.2) is 0 Å². The highest BCUT2D eigenvalue weighted by molar-refractivity contribution is 8.00. The minimum Gasteiger partial charge on any atom is -0.497 e. The topological polar surface area (TPSA) is 77.7 Å². The Hall–Kier alpha value is -3.00. The summed E-state index contributed by atoms with van der Waals surface area (Å²) < 4.78 is 16.4. The summed E-state index contributed by atoms with van der Waals surface area (Å²) in [5.41, 5.74) is 1.54. The molecule has 0 fully saturated rings. The Kier molecular flexibility index (Phi) is 6.20. The van der Waals surface area contributed by atoms with Crippen LogP contribution in [0.4, 0.5) is 0 Å². The fourth-order valence-electron chi connectivity index (χ4n) is 2.53. The minimum atomic E-state index is -0.482. The molecular weight excluding hydrogens is 378 g/mol. The summed E-state index contributed by atoms with van der Waals surface area (Å²) in [6.07, 6.45) is 0. The summed E-state index contributed by atoms with van der Waals surface area (Å²) in [5, 5.41) is 8.04. The first-order chi connectivity index (χ1) is 13.5. The van der Waals surface area contributed by atoms with E-state index in [-0.39, 0.29) is 5.91 Å². The van der Waals surface area contributed by atoms with Gasteiger partial charge < -0.3 is 18.8 Å². The number of benzene rings is 2. The average molecular weight is 399 g/mol. The minimum absolute atomic E-state index is 0.0565. The van der Waals surface area contributed by atoms with Gasteiger partial charge in [-0.1, -0.05) is 30.3 Å². The lowest BCUT2D eigenvalue weighted by Gasteiger charge is -2.18. The van der Waals surface area contributed by atoms with Gasteiger partial charge in [-0.2, -0.15) is 0 Å². The first-order valence-electron chi connectivity index (χ1n) is 8.51. The Bertz CT molecular complexity index is 921. The van der Waals surface area contributed by atoms with Crippen molar-refractivity contribution in [3.63, 3.8) is 0 Å². The molecule has 1 aromatic heterocycles. The molecule has 1 heterocycles. The van der Waals surface area contributed by atoms with E-state index >= 15 is 0 Å². The average Bonchev–Trinajstić information content (AvgIpc) is 3.20. The van der Waals surface area contributed by atoms with E-state index in [1.54, 1.807) is 51.4 Å². The number of rotatable bonds is 7. The van der Waals surface area contributed by atoms with E-state index in [9.17, 15) is 4.79 Å². The van der Waals surface area contributed by atoms with Gasteiger partial charge in [0, 0.05) is 25.7 Å². The Balaban J connectivity index is 1.89. The monoisotopic (exact) mass is 399 g/mol. The highest BCUT2D eigenvalue weighted by atomic mass is 32.2. The molecule has 3 aromatic rings. The molecule has 0 unspecified atom stereocenters. The van der Waals surface area contributed by atoms with Crippen molar-refractivity contribution in [3.8, 4) is 23.0 Å². The number of ether oxygens (including phenoxy) is 2. The van der Waals surface area contributed by atoms with Crippen molar-refractivity contribution in [3.05, 3.63) is 54.1 Å². The zero-order valence-corrected chi connectivity index (χ0v) is 16.9. The standard InChI is InChI=1S/C20H21N3O4S/c1-23(2)19(24)17(13-8-6-5-7-9-13)28-20-22-21-18(27-20)14-10-15(25-3)12-16(11-14)26-4/h5-12,17H,1-4H3/t17-/m0/s1. The van der Waals surface area contributed by atoms with Gasteiger partial charge in [-0.3, -0.25) is 4.79 Å². The quantitative estimate of drug-likeness (QED) is 0.561. The summed E-state index contributed by atoms with van der Waals surface area (Å²) in [6.45, 7) is 0. The molecule has 8 heteroatoms. The summed E-state index contributed by atoms with van der Waals surface area (Å²) in [7, 11) is 6.59. The number of methoxy groups -OCH3 is 2. The van der Waals surface area contributed by atoms with Crippen LogP contribution >= 0.6 is 11.8 Å². The zero-order valence-electron chi connectivity index (χ0n) is 16.1. The van der Waals surface area contributed by atoms with E-state index in [0.29, 0.717) is 28.2 Å². The predicted molar refractivity (Wildman–Crippen MR) is 107 cm³/mol. The lowest BCUT2D eigenvalue weighted by molar-refractivity contribution is -0.128. The highest BCUT2D eigenvalue weighted by Crippen LogP contribution is 2.37. The molecule has 0 aliphatic heterocycles. The molecule has 7 nitrogen and oxygen atoms in total. The first-order valence-corrected chi connectivity index (χ1v) is 9.39. The summed E-state index contributed by atoms with van der Waals surface area (Å²) in [6, 6.07) is 14.8. The number of likely N-dealkylation sites (N-methyl/N-ethyl adjacent to an activating group) is 1. The molecule has 2 aromatic carbocycles. The normalized spacial score (nSPS) is 11.7. The number of nitrogens with zero attached hydrogens (tertiary/aromatic N) is 3. The second-order valence-electron chi connectivity index (χ2n) is 6.12. The van der Waals surface area contributed by atoms with Crippen LogP contribution in [0.3, 0.4) is 0 Å². The largest absolute Gasteiger partial charge is 0.497 e. The fourth-order valence-corrected chi connectivity index (χ4v) is 3.55. The van der Waals surface area contributed by atoms with E-state index < -0.39 is 5.25 Å². The molecule has 0 spiro atoms. The van der Waals surface area contributed by atoms with Gasteiger partial charge in [0.2, 0.25) is 11.8 Å². The van der Waals surface area contributed by atoms with Crippen molar-refractivity contribution in [1.82, 2.24) is 15.1 Å². The zero-order chi connectivity index (χ0) is 20.1. The molecule has 1 amide bonds. The highest BCUT2D eigenvalue weighted by Gasteiger charge is 2.26. The molecule has 0 N–H and O–H groups in total. The van der Waals surface area contributed by atoms with E-state index in [1.807, 2.05) is 30.3 Å². The second-order valence-corrected chi connectivity index (χ2v) is 7.17. The molecule has 0 saturated heterocycles. The Labute approximate surface area is 167 Å². The third-order valence-corrected chi connectivity index (χ3v) is 5.07. The third kappa shape index (κ3) is 4.45. The van der Waals surface area contributed by atoms with E-state index in [1.165, 1.54) is 11.8 Å². The number of carbonyl (C=O) groups excluding carboxylic acids is 1. The molecule has 0 bridgehead atoms. The van der Waals surface area contributed by atoms with E-state index in [2.05, 4.69) is 10.2 Å². The lowest BCUT2D eigenvalue weighted by Crippen LogP contribution is -2.26. The number of thioether (sulfide) groups is 1. The molecule has 3 rings (SSSR count). The summed E-state index contributed by atoms with van der Waals surface area (Å²) >= 11 is 1.22. The van der Waals surface area contributed by atoms with Crippen LogP contribution in [-0.2, 0) is 4.79 Å². The lowest BCUT2D eigenvalue weighted by atomic mass is 10.1. The molecule has 0 radical (unpaired) electrons. The van der Waals surface area contributed by atoms with Crippen LogP contribution in [0.15, 0.2) is 58.2 Å². The SMILES string of the molecule is COc1cc(OC)cc(-c2nnc(S[C@H](C(=O)N(C)C)c3ccccc3)o2)c1. The van der Waals surface area contributed by atoms with Crippen molar-refractivity contribution in [2.24, 2.45) is 0 Å². The maximum absolute atomic E-state index is 12.7. The number of aromatic nitrogens is 2. The van der Waals surface area contributed by atoms with Crippen LogP contribution in [0.25, 0.3) is 11.5 Å².